The first-order valence-corrected chi connectivity index (χ1v) is 8.85. The fourth-order valence-electron chi connectivity index (χ4n) is 3.41. The van der Waals surface area contributed by atoms with Gasteiger partial charge in [-0.15, -0.1) is 0 Å². The van der Waals surface area contributed by atoms with Crippen molar-refractivity contribution in [3.63, 3.8) is 0 Å². The molecule has 1 saturated heterocycles. The SMILES string of the molecule is CC(=O)N1c2ccccc2C[C@H]1C(=O)N1CCS[C@@H](C)[C@@H]1C. The molecule has 0 aliphatic carbocycles. The fourth-order valence-corrected chi connectivity index (χ4v) is 4.51. The summed E-state index contributed by atoms with van der Waals surface area (Å²) in [4.78, 5) is 28.8. The molecular formula is C17H22N2O2S. The van der Waals surface area contributed by atoms with Gasteiger partial charge in [-0.25, -0.2) is 0 Å². The zero-order valence-electron chi connectivity index (χ0n) is 13.3. The Morgan fingerprint density at radius 3 is 2.68 bits per heavy atom. The second-order valence-corrected chi connectivity index (χ2v) is 7.57. The van der Waals surface area contributed by atoms with Crippen LogP contribution in [-0.2, 0) is 16.0 Å². The number of fused-ring (bicyclic) bond motifs is 1. The van der Waals surface area contributed by atoms with Gasteiger partial charge < -0.3 is 4.90 Å². The third-order valence-corrected chi connectivity index (χ3v) is 6.11. The third-order valence-electron chi connectivity index (χ3n) is 4.77. The second kappa shape index (κ2) is 5.95. The van der Waals surface area contributed by atoms with Crippen molar-refractivity contribution in [2.45, 2.75) is 44.5 Å². The van der Waals surface area contributed by atoms with Gasteiger partial charge in [0.25, 0.3) is 0 Å². The molecule has 0 spiro atoms. The number of anilines is 1. The van der Waals surface area contributed by atoms with Crippen LogP contribution in [0.15, 0.2) is 24.3 Å². The van der Waals surface area contributed by atoms with Gasteiger partial charge in [-0.3, -0.25) is 14.5 Å². The molecule has 0 radical (unpaired) electrons. The van der Waals surface area contributed by atoms with Crippen molar-refractivity contribution in [2.75, 3.05) is 17.2 Å². The number of thioether (sulfide) groups is 1. The number of benzene rings is 1. The van der Waals surface area contributed by atoms with Gasteiger partial charge in [0.1, 0.15) is 6.04 Å². The van der Waals surface area contributed by atoms with Gasteiger partial charge in [-0.1, -0.05) is 25.1 Å². The summed E-state index contributed by atoms with van der Waals surface area (Å²) in [5.41, 5.74) is 1.98. The number of carbonyl (C=O) groups is 2. The lowest BCUT2D eigenvalue weighted by Gasteiger charge is -2.40. The minimum absolute atomic E-state index is 0.0598. The highest BCUT2D eigenvalue weighted by atomic mass is 32.2. The molecule has 3 rings (SSSR count). The van der Waals surface area contributed by atoms with Crippen LogP contribution < -0.4 is 4.90 Å². The van der Waals surface area contributed by atoms with E-state index in [0.29, 0.717) is 11.7 Å². The highest BCUT2D eigenvalue weighted by Crippen LogP contribution is 2.34. The summed E-state index contributed by atoms with van der Waals surface area (Å²) in [7, 11) is 0. The molecule has 2 amide bonds. The normalized spacial score (nSPS) is 27.7. The van der Waals surface area contributed by atoms with Crippen LogP contribution in [0.4, 0.5) is 5.69 Å². The molecule has 2 aliphatic heterocycles. The molecule has 2 aliphatic rings. The Morgan fingerprint density at radius 2 is 1.95 bits per heavy atom. The van der Waals surface area contributed by atoms with E-state index in [4.69, 9.17) is 0 Å². The average molecular weight is 318 g/mol. The van der Waals surface area contributed by atoms with Crippen LogP contribution in [0.3, 0.4) is 0 Å². The predicted octanol–water partition coefficient (Wildman–Crippen LogP) is 2.32. The van der Waals surface area contributed by atoms with Crippen LogP contribution in [0.5, 0.6) is 0 Å². The molecule has 1 fully saturated rings. The lowest BCUT2D eigenvalue weighted by molar-refractivity contribution is -0.135. The third kappa shape index (κ3) is 2.51. The first-order chi connectivity index (χ1) is 10.5. The lowest BCUT2D eigenvalue weighted by Crippen LogP contribution is -2.55. The molecular weight excluding hydrogens is 296 g/mol. The van der Waals surface area contributed by atoms with Gasteiger partial charge in [0.05, 0.1) is 0 Å². The van der Waals surface area contributed by atoms with Gasteiger partial charge >= 0.3 is 0 Å². The van der Waals surface area contributed by atoms with E-state index in [9.17, 15) is 9.59 Å². The average Bonchev–Trinajstić information content (AvgIpc) is 2.89. The van der Waals surface area contributed by atoms with E-state index < -0.39 is 0 Å². The fraction of sp³-hybridized carbons (Fsp3) is 0.529. The number of para-hydroxylation sites is 1. The largest absolute Gasteiger partial charge is 0.336 e. The maximum Gasteiger partial charge on any atom is 0.246 e. The van der Waals surface area contributed by atoms with E-state index in [1.54, 1.807) is 11.8 Å². The first kappa shape index (κ1) is 15.4. The summed E-state index contributed by atoms with van der Waals surface area (Å²) in [6, 6.07) is 7.66. The molecule has 4 nitrogen and oxygen atoms in total. The molecule has 1 aromatic carbocycles. The minimum atomic E-state index is -0.382. The van der Waals surface area contributed by atoms with Crippen molar-refractivity contribution < 1.29 is 9.59 Å². The Balaban J connectivity index is 1.88. The number of nitrogens with zero attached hydrogens (tertiary/aromatic N) is 2. The summed E-state index contributed by atoms with van der Waals surface area (Å²) in [5.74, 6) is 0.998. The topological polar surface area (TPSA) is 40.6 Å². The van der Waals surface area contributed by atoms with Crippen LogP contribution in [0.25, 0.3) is 0 Å². The van der Waals surface area contributed by atoms with E-state index in [1.165, 1.54) is 0 Å². The number of hydrogen-bond donors (Lipinski definition) is 0. The van der Waals surface area contributed by atoms with Crippen molar-refractivity contribution in [3.8, 4) is 0 Å². The summed E-state index contributed by atoms with van der Waals surface area (Å²) < 4.78 is 0. The highest BCUT2D eigenvalue weighted by Gasteiger charge is 2.41. The van der Waals surface area contributed by atoms with Crippen molar-refractivity contribution in [3.05, 3.63) is 29.8 Å². The highest BCUT2D eigenvalue weighted by molar-refractivity contribution is 8.00. The number of amides is 2. The monoisotopic (exact) mass is 318 g/mol. The van der Waals surface area contributed by atoms with Crippen LogP contribution in [-0.4, -0.2) is 46.3 Å². The lowest BCUT2D eigenvalue weighted by atomic mass is 10.1. The quantitative estimate of drug-likeness (QED) is 0.798. The van der Waals surface area contributed by atoms with E-state index in [1.807, 2.05) is 40.9 Å². The minimum Gasteiger partial charge on any atom is -0.336 e. The molecule has 0 bridgehead atoms. The zero-order chi connectivity index (χ0) is 15.9. The molecule has 0 unspecified atom stereocenters. The van der Waals surface area contributed by atoms with Crippen LogP contribution in [0.1, 0.15) is 26.3 Å². The standard InChI is InChI=1S/C17H22N2O2S/c1-11-12(2)22-9-8-18(11)17(21)16-10-14-6-4-5-7-15(14)19(16)13(3)20/h4-7,11-12,16H,8-10H2,1-3H3/t11-,12-,16-/m0/s1. The number of rotatable bonds is 1. The summed E-state index contributed by atoms with van der Waals surface area (Å²) >= 11 is 1.91. The number of carbonyl (C=O) groups excluding carboxylic acids is 2. The molecule has 1 aromatic rings. The molecule has 5 heteroatoms. The molecule has 118 valence electrons. The predicted molar refractivity (Wildman–Crippen MR) is 90.2 cm³/mol. The second-order valence-electron chi connectivity index (χ2n) is 6.09. The molecule has 0 N–H and O–H groups in total. The Hall–Kier alpha value is -1.49. The Labute approximate surface area is 135 Å². The molecule has 22 heavy (non-hydrogen) atoms. The maximum absolute atomic E-state index is 13.1. The van der Waals surface area contributed by atoms with Gasteiger partial charge in [0, 0.05) is 42.6 Å². The smallest absolute Gasteiger partial charge is 0.246 e. The Kier molecular flexibility index (Phi) is 4.17. The zero-order valence-corrected chi connectivity index (χ0v) is 14.1. The van der Waals surface area contributed by atoms with E-state index in [-0.39, 0.29) is 23.9 Å². The first-order valence-electron chi connectivity index (χ1n) is 7.80. The summed E-state index contributed by atoms with van der Waals surface area (Å²) in [6.07, 6.45) is 0.624. The Bertz CT molecular complexity index is 604. The summed E-state index contributed by atoms with van der Waals surface area (Å²) in [6.45, 7) is 6.59. The van der Waals surface area contributed by atoms with Gasteiger partial charge in [-0.05, 0) is 18.6 Å². The van der Waals surface area contributed by atoms with Crippen molar-refractivity contribution in [1.29, 1.82) is 0 Å². The van der Waals surface area contributed by atoms with Gasteiger partial charge in [0.2, 0.25) is 11.8 Å². The van der Waals surface area contributed by atoms with Crippen LogP contribution in [0, 0.1) is 0 Å². The van der Waals surface area contributed by atoms with Crippen LogP contribution in [0.2, 0.25) is 0 Å². The van der Waals surface area contributed by atoms with Crippen molar-refractivity contribution >= 4 is 29.3 Å². The molecule has 3 atom stereocenters. The van der Waals surface area contributed by atoms with E-state index >= 15 is 0 Å². The van der Waals surface area contributed by atoms with Crippen molar-refractivity contribution in [2.24, 2.45) is 0 Å². The maximum atomic E-state index is 13.1. The Morgan fingerprint density at radius 1 is 1.23 bits per heavy atom. The molecule has 0 saturated carbocycles. The van der Waals surface area contributed by atoms with Gasteiger partial charge in [0.15, 0.2) is 0 Å². The van der Waals surface area contributed by atoms with Crippen LogP contribution >= 0.6 is 11.8 Å². The molecule has 0 aromatic heterocycles. The molecule has 2 heterocycles. The van der Waals surface area contributed by atoms with Gasteiger partial charge in [-0.2, -0.15) is 11.8 Å². The van der Waals surface area contributed by atoms with E-state index in [2.05, 4.69) is 13.8 Å². The number of hydrogen-bond acceptors (Lipinski definition) is 3. The van der Waals surface area contributed by atoms with Crippen molar-refractivity contribution in [1.82, 2.24) is 4.90 Å². The van der Waals surface area contributed by atoms with E-state index in [0.717, 1.165) is 23.5 Å². The summed E-state index contributed by atoms with van der Waals surface area (Å²) in [5, 5.41) is 0.437.